The van der Waals surface area contributed by atoms with Gasteiger partial charge < -0.3 is 29.9 Å². The van der Waals surface area contributed by atoms with Crippen LogP contribution in [0.15, 0.2) is 35.4 Å². The summed E-state index contributed by atoms with van der Waals surface area (Å²) in [5.41, 5.74) is -1.63. The summed E-state index contributed by atoms with van der Waals surface area (Å²) >= 11 is 0. The number of hydrogen-bond acceptors (Lipinski definition) is 5. The largest absolute Gasteiger partial charge is 0.360 e. The van der Waals surface area contributed by atoms with E-state index in [1.807, 2.05) is 30.3 Å². The van der Waals surface area contributed by atoms with Gasteiger partial charge in [-0.25, -0.2) is 0 Å². The molecule has 10 nitrogen and oxygen atoms in total. The fraction of sp³-hybridized carbons (Fsp3) is 0.385. The second-order valence-corrected chi connectivity index (χ2v) is 9.06. The Hall–Kier alpha value is -1.54. The highest BCUT2D eigenvalue weighted by Gasteiger charge is 2.44. The van der Waals surface area contributed by atoms with E-state index in [4.69, 9.17) is 19.6 Å². The number of benzene rings is 1. The molecule has 0 radical (unpaired) electrons. The van der Waals surface area contributed by atoms with Gasteiger partial charge in [-0.2, -0.15) is 5.10 Å². The molecule has 0 saturated heterocycles. The standard InChI is InChI=1S/C13H21N3O7P2/c1-16(14-10-11-6-3-2-4-7-11)9-5-8-12(17)15-13(24(18,19)20)25(21,22)23/h2-4,6-7,10,13H,5,8-9H2,1H3,(H,15,17)(H2,18,19,20)(H2,21,22,23). The molecule has 0 aliphatic carbocycles. The lowest BCUT2D eigenvalue weighted by Crippen LogP contribution is -2.34. The topological polar surface area (TPSA) is 160 Å². The van der Waals surface area contributed by atoms with Gasteiger partial charge in [0.1, 0.15) is 0 Å². The van der Waals surface area contributed by atoms with Crippen molar-refractivity contribution in [2.24, 2.45) is 5.10 Å². The predicted molar refractivity (Wildman–Crippen MR) is 91.9 cm³/mol. The van der Waals surface area contributed by atoms with E-state index in [9.17, 15) is 13.9 Å². The lowest BCUT2D eigenvalue weighted by atomic mass is 10.2. The minimum absolute atomic E-state index is 0.165. The Bertz CT molecular complexity index is 664. The molecule has 0 fully saturated rings. The van der Waals surface area contributed by atoms with Gasteiger partial charge in [0.15, 0.2) is 0 Å². The summed E-state index contributed by atoms with van der Waals surface area (Å²) in [5.74, 6) is -0.864. The summed E-state index contributed by atoms with van der Waals surface area (Å²) in [5, 5.41) is 7.44. The first-order valence-electron chi connectivity index (χ1n) is 7.20. The van der Waals surface area contributed by atoms with Crippen LogP contribution in [0.4, 0.5) is 0 Å². The second-order valence-electron chi connectivity index (χ2n) is 5.26. The van der Waals surface area contributed by atoms with Crippen LogP contribution in [0.1, 0.15) is 18.4 Å². The van der Waals surface area contributed by atoms with E-state index < -0.39 is 26.6 Å². The summed E-state index contributed by atoms with van der Waals surface area (Å²) < 4.78 is 22.2. The molecule has 0 aromatic heterocycles. The highest BCUT2D eigenvalue weighted by Crippen LogP contribution is 2.58. The maximum Gasteiger partial charge on any atom is 0.360 e. The van der Waals surface area contributed by atoms with Gasteiger partial charge in [-0.15, -0.1) is 0 Å². The normalized spacial score (nSPS) is 12.6. The van der Waals surface area contributed by atoms with Crippen molar-refractivity contribution in [2.75, 3.05) is 13.6 Å². The molecule has 0 aliphatic rings. The Morgan fingerprint density at radius 1 is 1.20 bits per heavy atom. The second kappa shape index (κ2) is 9.24. The lowest BCUT2D eigenvalue weighted by molar-refractivity contribution is -0.121. The quantitative estimate of drug-likeness (QED) is 0.230. The molecule has 1 rings (SSSR count). The predicted octanol–water partition coefficient (Wildman–Crippen LogP) is 0.488. The number of amides is 1. The van der Waals surface area contributed by atoms with Crippen LogP contribution >= 0.6 is 15.2 Å². The number of carbonyl (C=O) groups is 1. The molecule has 0 unspecified atom stereocenters. The van der Waals surface area contributed by atoms with Crippen molar-refractivity contribution in [1.82, 2.24) is 10.3 Å². The van der Waals surface area contributed by atoms with Crippen molar-refractivity contribution in [3.8, 4) is 0 Å². The van der Waals surface area contributed by atoms with Gasteiger partial charge in [0.05, 0.1) is 6.21 Å². The lowest BCUT2D eigenvalue weighted by Gasteiger charge is -2.20. The zero-order valence-corrected chi connectivity index (χ0v) is 15.3. The van der Waals surface area contributed by atoms with Crippen LogP contribution in [0.3, 0.4) is 0 Å². The average molecular weight is 393 g/mol. The van der Waals surface area contributed by atoms with Crippen molar-refractivity contribution in [3.05, 3.63) is 35.9 Å². The number of nitrogens with one attached hydrogen (secondary N) is 1. The Kier molecular flexibility index (Phi) is 7.95. The van der Waals surface area contributed by atoms with Crippen molar-refractivity contribution in [3.63, 3.8) is 0 Å². The number of carbonyl (C=O) groups excluding carboxylic acids is 1. The van der Waals surface area contributed by atoms with Gasteiger partial charge in [0, 0.05) is 20.0 Å². The summed E-state index contributed by atoms with van der Waals surface area (Å²) in [7, 11) is -8.67. The average Bonchev–Trinajstić information content (AvgIpc) is 2.49. The van der Waals surface area contributed by atoms with Gasteiger partial charge in [-0.1, -0.05) is 30.3 Å². The van der Waals surface area contributed by atoms with Gasteiger partial charge in [-0.05, 0) is 12.0 Å². The Morgan fingerprint density at radius 3 is 2.28 bits per heavy atom. The SMILES string of the molecule is CN(CCCC(=O)NC(P(=O)(O)O)P(=O)(O)O)N=Cc1ccccc1. The molecule has 140 valence electrons. The first-order chi connectivity index (χ1) is 11.5. The molecule has 0 heterocycles. The first-order valence-corrected chi connectivity index (χ1v) is 10.6. The van der Waals surface area contributed by atoms with Crippen LogP contribution in [0.25, 0.3) is 0 Å². The molecular formula is C13H21N3O7P2. The minimum Gasteiger partial charge on any atom is -0.332 e. The summed E-state index contributed by atoms with van der Waals surface area (Å²) in [6, 6.07) is 9.35. The number of nitrogens with zero attached hydrogens (tertiary/aromatic N) is 2. The van der Waals surface area contributed by atoms with E-state index in [2.05, 4.69) is 5.10 Å². The van der Waals surface area contributed by atoms with Crippen LogP contribution in [-0.2, 0) is 13.9 Å². The van der Waals surface area contributed by atoms with E-state index in [-0.39, 0.29) is 12.8 Å². The molecule has 1 aromatic carbocycles. The van der Waals surface area contributed by atoms with Gasteiger partial charge in [0.25, 0.3) is 0 Å². The zero-order chi connectivity index (χ0) is 19.1. The molecular weight excluding hydrogens is 372 g/mol. The van der Waals surface area contributed by atoms with Crippen LogP contribution in [-0.4, -0.2) is 55.8 Å². The molecule has 0 spiro atoms. The van der Waals surface area contributed by atoms with E-state index in [0.717, 1.165) is 5.56 Å². The van der Waals surface area contributed by atoms with E-state index >= 15 is 0 Å². The fourth-order valence-corrected chi connectivity index (χ4v) is 4.00. The van der Waals surface area contributed by atoms with Crippen molar-refractivity contribution in [1.29, 1.82) is 0 Å². The maximum atomic E-state index is 11.7. The molecule has 0 saturated carbocycles. The van der Waals surface area contributed by atoms with E-state index in [1.54, 1.807) is 23.6 Å². The zero-order valence-electron chi connectivity index (χ0n) is 13.5. The smallest absolute Gasteiger partial charge is 0.332 e. The van der Waals surface area contributed by atoms with Crippen LogP contribution < -0.4 is 5.32 Å². The van der Waals surface area contributed by atoms with Gasteiger partial charge in [-0.3, -0.25) is 13.9 Å². The highest BCUT2D eigenvalue weighted by atomic mass is 31.2. The molecule has 1 aromatic rings. The Labute approximate surface area is 144 Å². The van der Waals surface area contributed by atoms with E-state index in [1.165, 1.54) is 0 Å². The fourth-order valence-electron chi connectivity index (χ4n) is 1.81. The Balaban J connectivity index is 2.44. The van der Waals surface area contributed by atoms with Gasteiger partial charge >= 0.3 is 15.2 Å². The molecule has 25 heavy (non-hydrogen) atoms. The van der Waals surface area contributed by atoms with Crippen LogP contribution in [0, 0.1) is 0 Å². The number of hydrazone groups is 1. The summed E-state index contributed by atoms with van der Waals surface area (Å²) in [4.78, 5) is 47.4. The number of hydrogen-bond donors (Lipinski definition) is 5. The van der Waals surface area contributed by atoms with Crippen LogP contribution in [0.2, 0.25) is 0 Å². The first kappa shape index (κ1) is 21.5. The monoisotopic (exact) mass is 393 g/mol. The third-order valence-electron chi connectivity index (χ3n) is 3.02. The molecule has 5 N–H and O–H groups in total. The number of rotatable bonds is 9. The summed E-state index contributed by atoms with van der Waals surface area (Å²) in [6.07, 6.45) is 1.75. The molecule has 0 aliphatic heterocycles. The van der Waals surface area contributed by atoms with Gasteiger partial charge in [0.2, 0.25) is 11.4 Å². The third kappa shape index (κ3) is 8.40. The van der Waals surface area contributed by atoms with Crippen molar-refractivity contribution >= 4 is 27.3 Å². The molecule has 12 heteroatoms. The molecule has 0 atom stereocenters. The molecule has 1 amide bonds. The summed E-state index contributed by atoms with van der Waals surface area (Å²) in [6.45, 7) is 0.368. The Morgan fingerprint density at radius 2 is 1.76 bits per heavy atom. The molecule has 0 bridgehead atoms. The van der Waals surface area contributed by atoms with Crippen molar-refractivity contribution < 1.29 is 33.5 Å². The highest BCUT2D eigenvalue weighted by molar-refractivity contribution is 7.70. The minimum atomic E-state index is -5.18. The third-order valence-corrected chi connectivity index (χ3v) is 6.35. The maximum absolute atomic E-state index is 11.7. The van der Waals surface area contributed by atoms with E-state index in [0.29, 0.717) is 6.54 Å². The van der Waals surface area contributed by atoms with Crippen LogP contribution in [0.5, 0.6) is 0 Å². The van der Waals surface area contributed by atoms with Crippen molar-refractivity contribution in [2.45, 2.75) is 18.4 Å².